The first-order valence-corrected chi connectivity index (χ1v) is 13.0. The number of nitrogens with one attached hydrogen (secondary N) is 2. The largest absolute Gasteiger partial charge is 0.359 e. The standard InChI is InChI=1S/C25H33N3O4S/c1-4-24(2,3)27-22(30)20-25-12-11-17(32-25)18(21(29)26-14-16-10-7-13-33-16)19(25)23(31)28(20)15-8-5-6-9-15/h7,10-13,15,17-20H,4-6,8-9,14H2,1-3H3,(H,26,29)(H,27,30)/t17-,18+,19+,20+,25+/m1/s1. The molecule has 5 atom stereocenters. The van der Waals surface area contributed by atoms with Crippen LogP contribution in [0.2, 0.25) is 0 Å². The van der Waals surface area contributed by atoms with E-state index < -0.39 is 35.1 Å². The second-order valence-corrected chi connectivity index (χ2v) is 11.4. The summed E-state index contributed by atoms with van der Waals surface area (Å²) < 4.78 is 6.40. The Balaban J connectivity index is 1.46. The first-order valence-electron chi connectivity index (χ1n) is 12.1. The molecule has 4 heterocycles. The van der Waals surface area contributed by atoms with Crippen LogP contribution in [0.5, 0.6) is 0 Å². The van der Waals surface area contributed by atoms with Crippen LogP contribution in [0.4, 0.5) is 0 Å². The number of carbonyl (C=O) groups is 3. The average Bonchev–Trinajstić information content (AvgIpc) is 3.59. The maximum absolute atomic E-state index is 13.9. The molecule has 1 aliphatic carbocycles. The Morgan fingerprint density at radius 3 is 2.70 bits per heavy atom. The van der Waals surface area contributed by atoms with Crippen LogP contribution in [0.15, 0.2) is 29.7 Å². The summed E-state index contributed by atoms with van der Waals surface area (Å²) >= 11 is 1.58. The topological polar surface area (TPSA) is 87.7 Å². The van der Waals surface area contributed by atoms with Crippen LogP contribution in [0, 0.1) is 11.8 Å². The van der Waals surface area contributed by atoms with Crippen LogP contribution in [0.1, 0.15) is 57.8 Å². The van der Waals surface area contributed by atoms with Crippen LogP contribution in [-0.4, -0.2) is 51.9 Å². The Morgan fingerprint density at radius 1 is 1.27 bits per heavy atom. The molecule has 2 bridgehead atoms. The molecule has 2 N–H and O–H groups in total. The molecule has 5 rings (SSSR count). The molecule has 1 aromatic rings. The predicted octanol–water partition coefficient (Wildman–Crippen LogP) is 2.76. The molecule has 7 nitrogen and oxygen atoms in total. The van der Waals surface area contributed by atoms with Gasteiger partial charge < -0.3 is 20.3 Å². The van der Waals surface area contributed by atoms with E-state index >= 15 is 0 Å². The van der Waals surface area contributed by atoms with E-state index in [1.54, 1.807) is 16.2 Å². The molecule has 2 saturated heterocycles. The van der Waals surface area contributed by atoms with Gasteiger partial charge in [-0.1, -0.05) is 38.0 Å². The van der Waals surface area contributed by atoms with Crippen molar-refractivity contribution >= 4 is 29.1 Å². The molecule has 4 aliphatic rings. The molecule has 1 spiro atoms. The highest BCUT2D eigenvalue weighted by Gasteiger charge is 2.73. The monoisotopic (exact) mass is 471 g/mol. The molecule has 178 valence electrons. The van der Waals surface area contributed by atoms with Gasteiger partial charge in [0.1, 0.15) is 11.6 Å². The van der Waals surface area contributed by atoms with Gasteiger partial charge in [-0.3, -0.25) is 14.4 Å². The van der Waals surface area contributed by atoms with E-state index in [0.717, 1.165) is 37.0 Å². The zero-order valence-corrected chi connectivity index (χ0v) is 20.3. The van der Waals surface area contributed by atoms with Crippen LogP contribution in [0.25, 0.3) is 0 Å². The highest BCUT2D eigenvalue weighted by atomic mass is 32.1. The smallest absolute Gasteiger partial charge is 0.246 e. The highest BCUT2D eigenvalue weighted by molar-refractivity contribution is 7.09. The Labute approximate surface area is 198 Å². The van der Waals surface area contributed by atoms with E-state index in [9.17, 15) is 14.4 Å². The first-order chi connectivity index (χ1) is 15.8. The summed E-state index contributed by atoms with van der Waals surface area (Å²) in [5.74, 6) is -1.77. The molecule has 3 fully saturated rings. The Kier molecular flexibility index (Phi) is 5.64. The third-order valence-corrected chi connectivity index (χ3v) is 8.82. The van der Waals surface area contributed by atoms with Crippen molar-refractivity contribution in [3.63, 3.8) is 0 Å². The molecule has 1 saturated carbocycles. The van der Waals surface area contributed by atoms with Crippen molar-refractivity contribution in [1.29, 1.82) is 0 Å². The van der Waals surface area contributed by atoms with Crippen molar-refractivity contribution in [2.75, 3.05) is 0 Å². The number of rotatable bonds is 7. The number of ether oxygens (including phenoxy) is 1. The molecule has 8 heteroatoms. The van der Waals surface area contributed by atoms with Gasteiger partial charge in [0.2, 0.25) is 17.7 Å². The predicted molar refractivity (Wildman–Crippen MR) is 125 cm³/mol. The van der Waals surface area contributed by atoms with Crippen LogP contribution < -0.4 is 10.6 Å². The van der Waals surface area contributed by atoms with Crippen molar-refractivity contribution in [1.82, 2.24) is 15.5 Å². The third kappa shape index (κ3) is 3.62. The molecular formula is C25H33N3O4S. The summed E-state index contributed by atoms with van der Waals surface area (Å²) in [5.41, 5.74) is -1.48. The number of fused-ring (bicyclic) bond motifs is 1. The number of thiophene rings is 1. The minimum atomic E-state index is -1.08. The minimum Gasteiger partial charge on any atom is -0.359 e. The molecule has 33 heavy (non-hydrogen) atoms. The lowest BCUT2D eigenvalue weighted by Crippen LogP contribution is -2.59. The van der Waals surface area contributed by atoms with Gasteiger partial charge in [-0.2, -0.15) is 0 Å². The second-order valence-electron chi connectivity index (χ2n) is 10.4. The summed E-state index contributed by atoms with van der Waals surface area (Å²) in [6.45, 7) is 6.43. The molecule has 3 aliphatic heterocycles. The number of carbonyl (C=O) groups excluding carboxylic acids is 3. The Morgan fingerprint density at radius 2 is 2.03 bits per heavy atom. The van der Waals surface area contributed by atoms with Crippen molar-refractivity contribution < 1.29 is 19.1 Å². The minimum absolute atomic E-state index is 0.0174. The fourth-order valence-corrected chi connectivity index (χ4v) is 6.62. The van der Waals surface area contributed by atoms with Crippen LogP contribution in [-0.2, 0) is 25.7 Å². The van der Waals surface area contributed by atoms with E-state index in [1.807, 2.05) is 50.4 Å². The molecule has 0 radical (unpaired) electrons. The zero-order valence-electron chi connectivity index (χ0n) is 19.5. The van der Waals surface area contributed by atoms with Gasteiger partial charge in [-0.15, -0.1) is 11.3 Å². The van der Waals surface area contributed by atoms with E-state index in [2.05, 4.69) is 10.6 Å². The number of nitrogens with zero attached hydrogens (tertiary/aromatic N) is 1. The SMILES string of the molecule is CCC(C)(C)NC(=O)[C@@H]1N(C2CCCC2)C(=O)[C@@H]2[C@@H](C(=O)NCc3cccs3)[C@H]3C=C[C@]21O3. The number of likely N-dealkylation sites (tertiary alicyclic amines) is 1. The summed E-state index contributed by atoms with van der Waals surface area (Å²) in [6.07, 6.45) is 7.92. The molecular weight excluding hydrogens is 438 g/mol. The fraction of sp³-hybridized carbons (Fsp3) is 0.640. The lowest BCUT2D eigenvalue weighted by molar-refractivity contribution is -0.144. The van der Waals surface area contributed by atoms with Gasteiger partial charge in [0, 0.05) is 16.5 Å². The third-order valence-electron chi connectivity index (χ3n) is 7.94. The van der Waals surface area contributed by atoms with Gasteiger partial charge in [-0.05, 0) is 44.6 Å². The van der Waals surface area contributed by atoms with Crippen molar-refractivity contribution in [3.8, 4) is 0 Å². The van der Waals surface area contributed by atoms with Crippen molar-refractivity contribution in [2.45, 2.75) is 88.7 Å². The van der Waals surface area contributed by atoms with E-state index in [0.29, 0.717) is 6.54 Å². The Bertz CT molecular complexity index is 968. The van der Waals surface area contributed by atoms with Crippen LogP contribution >= 0.6 is 11.3 Å². The molecule has 0 aromatic carbocycles. The van der Waals surface area contributed by atoms with Gasteiger partial charge in [0.05, 0.1) is 24.5 Å². The number of hydrogen-bond acceptors (Lipinski definition) is 5. The van der Waals surface area contributed by atoms with Gasteiger partial charge in [0.25, 0.3) is 0 Å². The lowest BCUT2D eigenvalue weighted by Gasteiger charge is -2.37. The first kappa shape index (κ1) is 22.6. The van der Waals surface area contributed by atoms with Crippen molar-refractivity contribution in [2.24, 2.45) is 11.8 Å². The summed E-state index contributed by atoms with van der Waals surface area (Å²) in [4.78, 5) is 43.8. The molecule has 3 amide bonds. The average molecular weight is 472 g/mol. The Hall–Kier alpha value is -2.19. The van der Waals surface area contributed by atoms with E-state index in [1.165, 1.54) is 0 Å². The number of hydrogen-bond donors (Lipinski definition) is 2. The molecule has 1 aromatic heterocycles. The lowest BCUT2D eigenvalue weighted by atomic mass is 9.74. The summed E-state index contributed by atoms with van der Waals surface area (Å²) in [7, 11) is 0. The van der Waals surface area contributed by atoms with Gasteiger partial charge >= 0.3 is 0 Å². The van der Waals surface area contributed by atoms with Crippen molar-refractivity contribution in [3.05, 3.63) is 34.5 Å². The van der Waals surface area contributed by atoms with Gasteiger partial charge in [-0.25, -0.2) is 0 Å². The fourth-order valence-electron chi connectivity index (χ4n) is 5.98. The van der Waals surface area contributed by atoms with Gasteiger partial charge in [0.15, 0.2) is 0 Å². The highest BCUT2D eigenvalue weighted by Crippen LogP contribution is 2.56. The maximum Gasteiger partial charge on any atom is 0.246 e. The summed E-state index contributed by atoms with van der Waals surface area (Å²) in [6, 6.07) is 3.19. The maximum atomic E-state index is 13.9. The second kappa shape index (κ2) is 8.24. The number of amides is 3. The van der Waals surface area contributed by atoms with E-state index in [4.69, 9.17) is 4.74 Å². The van der Waals surface area contributed by atoms with E-state index in [-0.39, 0.29) is 23.8 Å². The normalized spacial score (nSPS) is 33.1. The zero-order chi connectivity index (χ0) is 23.4. The quantitative estimate of drug-likeness (QED) is 0.599. The van der Waals surface area contributed by atoms with Crippen LogP contribution in [0.3, 0.4) is 0 Å². The summed E-state index contributed by atoms with van der Waals surface area (Å²) in [5, 5.41) is 8.13. The molecule has 0 unspecified atom stereocenters.